The maximum atomic E-state index is 5.15. The van der Waals surface area contributed by atoms with Gasteiger partial charge in [0.15, 0.2) is 0 Å². The molecular formula is C10H8BO2. The monoisotopic (exact) mass is 171 g/mol. The van der Waals surface area contributed by atoms with Crippen molar-refractivity contribution >= 4 is 19.5 Å². The zero-order valence-electron chi connectivity index (χ0n) is 7.07. The predicted octanol–water partition coefficient (Wildman–Crippen LogP) is 2.21. The third-order valence-electron chi connectivity index (χ3n) is 1.85. The topological polar surface area (TPSA) is 18.5 Å². The molecule has 2 rings (SSSR count). The van der Waals surface area contributed by atoms with Gasteiger partial charge in [-0.15, -0.1) is 0 Å². The highest BCUT2D eigenvalue weighted by atomic mass is 16.6. The molecule has 0 fully saturated rings. The van der Waals surface area contributed by atoms with Gasteiger partial charge in [0.05, 0.1) is 0 Å². The Balaban J connectivity index is 2.43. The van der Waals surface area contributed by atoms with Crippen LogP contribution in [-0.4, -0.2) is 7.69 Å². The Morgan fingerprint density at radius 2 is 2.15 bits per heavy atom. The molecule has 13 heavy (non-hydrogen) atoms. The van der Waals surface area contributed by atoms with Crippen molar-refractivity contribution in [1.29, 1.82) is 0 Å². The maximum Gasteiger partial charge on any atom is 0.657 e. The minimum Gasteiger partial charge on any atom is -0.529 e. The zero-order valence-corrected chi connectivity index (χ0v) is 7.07. The van der Waals surface area contributed by atoms with Gasteiger partial charge in [-0.25, -0.2) is 0 Å². The first-order valence-corrected chi connectivity index (χ1v) is 3.97. The Hall–Kier alpha value is -1.64. The molecule has 0 unspecified atom stereocenters. The van der Waals surface area contributed by atoms with Gasteiger partial charge in [0, 0.05) is 5.56 Å². The molecule has 0 aliphatic carbocycles. The molecule has 0 bridgehead atoms. The first kappa shape index (κ1) is 7.99. The van der Waals surface area contributed by atoms with E-state index in [0.29, 0.717) is 0 Å². The van der Waals surface area contributed by atoms with Gasteiger partial charge < -0.3 is 9.31 Å². The number of hydrogen-bond acceptors (Lipinski definition) is 2. The van der Waals surface area contributed by atoms with Crippen molar-refractivity contribution in [3.05, 3.63) is 48.2 Å². The fraction of sp³-hybridized carbons (Fsp3) is 0. The van der Waals surface area contributed by atoms with Gasteiger partial charge in [0.25, 0.3) is 0 Å². The van der Waals surface area contributed by atoms with Crippen LogP contribution in [0.3, 0.4) is 0 Å². The lowest BCUT2D eigenvalue weighted by molar-refractivity contribution is 0.454. The van der Waals surface area contributed by atoms with Gasteiger partial charge in [-0.1, -0.05) is 36.9 Å². The summed E-state index contributed by atoms with van der Waals surface area (Å²) in [4.78, 5) is 0. The third-order valence-corrected chi connectivity index (χ3v) is 1.85. The Morgan fingerprint density at radius 1 is 1.31 bits per heavy atom. The van der Waals surface area contributed by atoms with Crippen LogP contribution in [0.1, 0.15) is 11.1 Å². The number of hydrogen-bond donors (Lipinski definition) is 0. The average Bonchev–Trinajstić information content (AvgIpc) is 2.70. The van der Waals surface area contributed by atoms with E-state index in [1.54, 1.807) is 12.3 Å². The molecule has 63 valence electrons. The molecular weight excluding hydrogens is 163 g/mol. The van der Waals surface area contributed by atoms with Crippen LogP contribution in [0.5, 0.6) is 0 Å². The predicted molar refractivity (Wildman–Crippen MR) is 52.4 cm³/mol. The first-order chi connectivity index (χ1) is 6.42. The van der Waals surface area contributed by atoms with Gasteiger partial charge in [-0.2, -0.15) is 0 Å². The number of benzene rings is 1. The van der Waals surface area contributed by atoms with Crippen molar-refractivity contribution in [1.82, 2.24) is 0 Å². The Morgan fingerprint density at radius 3 is 2.85 bits per heavy atom. The van der Waals surface area contributed by atoms with Crippen LogP contribution in [0.15, 0.2) is 37.1 Å². The summed E-state index contributed by atoms with van der Waals surface area (Å²) in [5.41, 5.74) is 2.03. The zero-order chi connectivity index (χ0) is 9.10. The molecule has 1 aromatic rings. The molecule has 1 heterocycles. The van der Waals surface area contributed by atoms with Gasteiger partial charge in [0.2, 0.25) is 0 Å². The first-order valence-electron chi connectivity index (χ1n) is 3.97. The molecule has 1 radical (unpaired) electrons. The van der Waals surface area contributed by atoms with E-state index >= 15 is 0 Å². The lowest BCUT2D eigenvalue weighted by atomic mass is 10.1. The van der Waals surface area contributed by atoms with E-state index in [0.717, 1.165) is 16.9 Å². The quantitative estimate of drug-likeness (QED) is 0.635. The molecule has 0 atom stereocenters. The molecule has 1 aliphatic heterocycles. The van der Waals surface area contributed by atoms with E-state index in [2.05, 4.69) is 6.58 Å². The fourth-order valence-corrected chi connectivity index (χ4v) is 1.22. The summed E-state index contributed by atoms with van der Waals surface area (Å²) in [5.74, 6) is 0.718. The van der Waals surface area contributed by atoms with E-state index in [-0.39, 0.29) is 0 Å². The van der Waals surface area contributed by atoms with Gasteiger partial charge in [0.1, 0.15) is 12.0 Å². The second-order valence-electron chi connectivity index (χ2n) is 2.62. The van der Waals surface area contributed by atoms with E-state index in [1.807, 2.05) is 24.3 Å². The molecule has 0 saturated carbocycles. The van der Waals surface area contributed by atoms with E-state index in [4.69, 9.17) is 9.31 Å². The van der Waals surface area contributed by atoms with E-state index in [1.165, 1.54) is 7.69 Å². The van der Waals surface area contributed by atoms with Crippen molar-refractivity contribution in [3.63, 3.8) is 0 Å². The molecule has 1 aromatic carbocycles. The molecule has 0 N–H and O–H groups in total. The van der Waals surface area contributed by atoms with Crippen molar-refractivity contribution in [2.24, 2.45) is 0 Å². The summed E-state index contributed by atoms with van der Waals surface area (Å²) in [7, 11) is 1.30. The Kier molecular flexibility index (Phi) is 2.09. The highest BCUT2D eigenvalue weighted by molar-refractivity contribution is 6.22. The summed E-state index contributed by atoms with van der Waals surface area (Å²) in [6.45, 7) is 3.73. The minimum atomic E-state index is 0.718. The molecule has 2 nitrogen and oxygen atoms in total. The van der Waals surface area contributed by atoms with Crippen LogP contribution in [-0.2, 0) is 9.31 Å². The van der Waals surface area contributed by atoms with Crippen molar-refractivity contribution in [3.8, 4) is 0 Å². The van der Waals surface area contributed by atoms with Gasteiger partial charge in [-0.05, 0) is 5.56 Å². The van der Waals surface area contributed by atoms with Gasteiger partial charge in [-0.3, -0.25) is 0 Å². The molecule has 0 aromatic heterocycles. The Labute approximate surface area is 77.8 Å². The van der Waals surface area contributed by atoms with Crippen LogP contribution >= 0.6 is 0 Å². The van der Waals surface area contributed by atoms with Crippen LogP contribution in [0, 0.1) is 0 Å². The fourth-order valence-electron chi connectivity index (χ4n) is 1.22. The molecule has 1 aliphatic rings. The van der Waals surface area contributed by atoms with Crippen molar-refractivity contribution < 1.29 is 9.31 Å². The molecule has 3 heteroatoms. The summed E-state index contributed by atoms with van der Waals surface area (Å²) in [5, 5.41) is 0. The Bertz CT molecular complexity index is 358. The number of rotatable bonds is 2. The van der Waals surface area contributed by atoms with Crippen LogP contribution in [0.2, 0.25) is 0 Å². The molecule has 0 saturated heterocycles. The maximum absolute atomic E-state index is 5.15. The van der Waals surface area contributed by atoms with Gasteiger partial charge >= 0.3 is 7.69 Å². The lowest BCUT2D eigenvalue weighted by Crippen LogP contribution is -1.91. The standard InChI is InChI=1S/C10H8BO2/c1-2-8-5-3-4-6-9(8)10-7-12-11-13-10/h2-7H,1H2. The summed E-state index contributed by atoms with van der Waals surface area (Å²) >= 11 is 0. The van der Waals surface area contributed by atoms with Crippen LogP contribution in [0.25, 0.3) is 11.8 Å². The third kappa shape index (κ3) is 1.45. The highest BCUT2D eigenvalue weighted by Gasteiger charge is 2.14. The minimum absolute atomic E-state index is 0.718. The van der Waals surface area contributed by atoms with E-state index < -0.39 is 0 Å². The lowest BCUT2D eigenvalue weighted by Gasteiger charge is -2.04. The summed E-state index contributed by atoms with van der Waals surface area (Å²) < 4.78 is 10.0. The normalized spacial score (nSPS) is 13.7. The average molecular weight is 171 g/mol. The molecule has 0 spiro atoms. The molecule has 0 amide bonds. The van der Waals surface area contributed by atoms with E-state index in [9.17, 15) is 0 Å². The smallest absolute Gasteiger partial charge is 0.529 e. The second-order valence-corrected chi connectivity index (χ2v) is 2.62. The summed E-state index contributed by atoms with van der Waals surface area (Å²) in [6.07, 6.45) is 3.36. The largest absolute Gasteiger partial charge is 0.657 e. The SMILES string of the molecule is C=Cc1ccccc1C1=CO[B]O1. The highest BCUT2D eigenvalue weighted by Crippen LogP contribution is 2.23. The van der Waals surface area contributed by atoms with Crippen LogP contribution in [0.4, 0.5) is 0 Å². The second kappa shape index (κ2) is 3.39. The van der Waals surface area contributed by atoms with Crippen LogP contribution < -0.4 is 0 Å². The van der Waals surface area contributed by atoms with Crippen molar-refractivity contribution in [2.45, 2.75) is 0 Å². The van der Waals surface area contributed by atoms with Crippen molar-refractivity contribution in [2.75, 3.05) is 0 Å². The summed E-state index contributed by atoms with van der Waals surface area (Å²) in [6, 6.07) is 7.85.